The van der Waals surface area contributed by atoms with Crippen molar-refractivity contribution < 1.29 is 32.6 Å². The van der Waals surface area contributed by atoms with Crippen LogP contribution in [0.1, 0.15) is 13.3 Å². The Morgan fingerprint density at radius 1 is 1.39 bits per heavy atom. The number of carboxylic acid groups (broad SMARTS) is 1. The highest BCUT2D eigenvalue weighted by molar-refractivity contribution is 7.89. The fourth-order valence-electron chi connectivity index (χ4n) is 1.05. The van der Waals surface area contributed by atoms with Gasteiger partial charge in [-0.1, -0.05) is 0 Å². The number of hydrogen-bond donors (Lipinski definition) is 2. The minimum Gasteiger partial charge on any atom is -0.480 e. The van der Waals surface area contributed by atoms with Crippen molar-refractivity contribution >= 4 is 22.0 Å². The van der Waals surface area contributed by atoms with Gasteiger partial charge in [-0.2, -0.15) is 4.72 Å². The van der Waals surface area contributed by atoms with Crippen LogP contribution in [0.5, 0.6) is 0 Å². The van der Waals surface area contributed by atoms with Crippen molar-refractivity contribution in [3.8, 4) is 0 Å². The molecule has 0 aromatic rings. The zero-order valence-corrected chi connectivity index (χ0v) is 11.0. The van der Waals surface area contributed by atoms with Gasteiger partial charge in [0.15, 0.2) is 0 Å². The van der Waals surface area contributed by atoms with Crippen molar-refractivity contribution in [2.45, 2.75) is 19.4 Å². The highest BCUT2D eigenvalue weighted by Crippen LogP contribution is 1.96. The molecular weight excluding hydrogens is 266 g/mol. The molecule has 0 aliphatic rings. The quantitative estimate of drug-likeness (QED) is 0.519. The highest BCUT2D eigenvalue weighted by atomic mass is 32.2. The fraction of sp³-hybridized carbons (Fsp3) is 0.778. The van der Waals surface area contributed by atoms with Crippen molar-refractivity contribution in [2.24, 2.45) is 0 Å². The SMILES string of the molecule is CCOC(=O)CCS(=O)(=O)NC(COC)C(=O)O. The standard InChI is InChI=1S/C9H17NO7S/c1-3-17-8(11)4-5-18(14,15)10-7(6-16-2)9(12)13/h7,10H,3-6H2,1-2H3,(H,12,13). The Balaban J connectivity index is 4.36. The highest BCUT2D eigenvalue weighted by Gasteiger charge is 2.24. The van der Waals surface area contributed by atoms with Crippen LogP contribution in [-0.2, 0) is 29.1 Å². The third kappa shape index (κ3) is 7.20. The first-order valence-corrected chi connectivity index (χ1v) is 6.85. The first-order valence-electron chi connectivity index (χ1n) is 5.19. The van der Waals surface area contributed by atoms with Gasteiger partial charge < -0.3 is 14.6 Å². The molecule has 9 heteroatoms. The predicted molar refractivity (Wildman–Crippen MR) is 61.5 cm³/mol. The van der Waals surface area contributed by atoms with E-state index in [9.17, 15) is 18.0 Å². The molecule has 0 aromatic carbocycles. The maximum atomic E-state index is 11.5. The van der Waals surface area contributed by atoms with Gasteiger partial charge >= 0.3 is 11.9 Å². The van der Waals surface area contributed by atoms with Gasteiger partial charge in [-0.05, 0) is 6.92 Å². The number of sulfonamides is 1. The Morgan fingerprint density at radius 3 is 2.44 bits per heavy atom. The molecule has 0 aliphatic heterocycles. The van der Waals surface area contributed by atoms with Crippen LogP contribution >= 0.6 is 0 Å². The number of esters is 1. The van der Waals surface area contributed by atoms with Crippen LogP contribution in [0.3, 0.4) is 0 Å². The Labute approximate surface area is 105 Å². The van der Waals surface area contributed by atoms with Crippen LogP contribution in [0.4, 0.5) is 0 Å². The molecule has 0 saturated carbocycles. The van der Waals surface area contributed by atoms with Crippen molar-refractivity contribution in [3.63, 3.8) is 0 Å². The molecule has 0 aliphatic carbocycles. The lowest BCUT2D eigenvalue weighted by atomic mass is 10.3. The van der Waals surface area contributed by atoms with Crippen LogP contribution in [0.15, 0.2) is 0 Å². The third-order valence-corrected chi connectivity index (χ3v) is 3.22. The molecular formula is C9H17NO7S. The molecule has 0 rings (SSSR count). The van der Waals surface area contributed by atoms with Gasteiger partial charge in [0.25, 0.3) is 0 Å². The van der Waals surface area contributed by atoms with Crippen LogP contribution in [0, 0.1) is 0 Å². The van der Waals surface area contributed by atoms with E-state index in [-0.39, 0.29) is 19.6 Å². The molecule has 0 bridgehead atoms. The summed E-state index contributed by atoms with van der Waals surface area (Å²) in [5.41, 5.74) is 0. The summed E-state index contributed by atoms with van der Waals surface area (Å²) in [4.78, 5) is 21.7. The van der Waals surface area contributed by atoms with E-state index in [0.29, 0.717) is 0 Å². The molecule has 2 N–H and O–H groups in total. The summed E-state index contributed by atoms with van der Waals surface area (Å²) in [6.45, 7) is 1.46. The Bertz CT molecular complexity index is 378. The molecule has 1 atom stereocenters. The zero-order chi connectivity index (χ0) is 14.2. The first-order chi connectivity index (χ1) is 8.32. The molecule has 0 radical (unpaired) electrons. The molecule has 0 saturated heterocycles. The molecule has 8 nitrogen and oxygen atoms in total. The number of ether oxygens (including phenoxy) is 2. The lowest BCUT2D eigenvalue weighted by Crippen LogP contribution is -2.44. The van der Waals surface area contributed by atoms with E-state index in [1.165, 1.54) is 7.11 Å². The molecule has 18 heavy (non-hydrogen) atoms. The number of aliphatic carboxylic acids is 1. The van der Waals surface area contributed by atoms with Crippen LogP contribution in [-0.4, -0.2) is 57.6 Å². The van der Waals surface area contributed by atoms with E-state index in [1.807, 2.05) is 4.72 Å². The number of rotatable bonds is 9. The molecule has 0 aromatic heterocycles. The van der Waals surface area contributed by atoms with E-state index in [0.717, 1.165) is 0 Å². The smallest absolute Gasteiger partial charge is 0.324 e. The van der Waals surface area contributed by atoms with Gasteiger partial charge in [-0.25, -0.2) is 8.42 Å². The van der Waals surface area contributed by atoms with Crippen LogP contribution in [0.2, 0.25) is 0 Å². The van der Waals surface area contributed by atoms with Crippen molar-refractivity contribution in [2.75, 3.05) is 26.1 Å². The van der Waals surface area contributed by atoms with Crippen LogP contribution < -0.4 is 4.72 Å². The molecule has 1 unspecified atom stereocenters. The Hall–Kier alpha value is -1.19. The second-order valence-electron chi connectivity index (χ2n) is 3.34. The minimum atomic E-state index is -3.87. The largest absolute Gasteiger partial charge is 0.480 e. The average Bonchev–Trinajstić information content (AvgIpc) is 2.26. The van der Waals surface area contributed by atoms with Crippen molar-refractivity contribution in [3.05, 3.63) is 0 Å². The summed E-state index contributed by atoms with van der Waals surface area (Å²) in [5, 5.41) is 8.73. The summed E-state index contributed by atoms with van der Waals surface area (Å²) in [5.74, 6) is -2.53. The first kappa shape index (κ1) is 16.8. The number of carbonyl (C=O) groups is 2. The van der Waals surface area contributed by atoms with Crippen LogP contribution in [0.25, 0.3) is 0 Å². The monoisotopic (exact) mass is 283 g/mol. The van der Waals surface area contributed by atoms with Gasteiger partial charge in [-0.3, -0.25) is 9.59 Å². The van der Waals surface area contributed by atoms with Crippen molar-refractivity contribution in [1.82, 2.24) is 4.72 Å². The second kappa shape index (κ2) is 8.01. The summed E-state index contributed by atoms with van der Waals surface area (Å²) < 4.78 is 34.1. The maximum Gasteiger partial charge on any atom is 0.324 e. The summed E-state index contributed by atoms with van der Waals surface area (Å²) in [6.07, 6.45) is -0.331. The van der Waals surface area contributed by atoms with Gasteiger partial charge in [0.1, 0.15) is 6.04 Å². The van der Waals surface area contributed by atoms with Crippen molar-refractivity contribution in [1.29, 1.82) is 0 Å². The Morgan fingerprint density at radius 2 is 2.00 bits per heavy atom. The number of carboxylic acids is 1. The van der Waals surface area contributed by atoms with E-state index in [2.05, 4.69) is 9.47 Å². The molecule has 0 fully saturated rings. The van der Waals surface area contributed by atoms with E-state index < -0.39 is 33.8 Å². The lowest BCUT2D eigenvalue weighted by Gasteiger charge is -2.13. The zero-order valence-electron chi connectivity index (χ0n) is 10.2. The number of carbonyl (C=O) groups excluding carboxylic acids is 1. The molecule has 0 heterocycles. The molecule has 106 valence electrons. The van der Waals surface area contributed by atoms with Gasteiger partial charge in [-0.15, -0.1) is 0 Å². The number of hydrogen-bond acceptors (Lipinski definition) is 6. The summed E-state index contributed by atoms with van der Waals surface area (Å²) in [6, 6.07) is -1.37. The Kier molecular flexibility index (Phi) is 7.48. The molecule has 0 spiro atoms. The van der Waals surface area contributed by atoms with Gasteiger partial charge in [0.2, 0.25) is 10.0 Å². The fourth-order valence-corrected chi connectivity index (χ4v) is 2.20. The number of methoxy groups -OCH3 is 1. The van der Waals surface area contributed by atoms with E-state index >= 15 is 0 Å². The third-order valence-electron chi connectivity index (χ3n) is 1.83. The van der Waals surface area contributed by atoms with Gasteiger partial charge in [0, 0.05) is 7.11 Å². The summed E-state index contributed by atoms with van der Waals surface area (Å²) >= 11 is 0. The minimum absolute atomic E-state index is 0.160. The average molecular weight is 283 g/mol. The van der Waals surface area contributed by atoms with E-state index in [4.69, 9.17) is 5.11 Å². The normalized spacial score (nSPS) is 13.0. The van der Waals surface area contributed by atoms with E-state index in [1.54, 1.807) is 6.92 Å². The second-order valence-corrected chi connectivity index (χ2v) is 5.21. The predicted octanol–water partition coefficient (Wildman–Crippen LogP) is -1.04. The maximum absolute atomic E-state index is 11.5. The molecule has 0 amide bonds. The topological polar surface area (TPSA) is 119 Å². The lowest BCUT2D eigenvalue weighted by molar-refractivity contribution is -0.142. The van der Waals surface area contributed by atoms with Gasteiger partial charge in [0.05, 0.1) is 25.4 Å². The summed E-state index contributed by atoms with van der Waals surface area (Å²) in [7, 11) is -2.62. The number of nitrogens with one attached hydrogen (secondary N) is 1.